The molecule has 0 saturated carbocycles. The molecular weight excluding hydrogens is 260 g/mol. The summed E-state index contributed by atoms with van der Waals surface area (Å²) >= 11 is 1.40. The summed E-state index contributed by atoms with van der Waals surface area (Å²) in [5.74, 6) is -1.04. The van der Waals surface area contributed by atoms with Crippen LogP contribution in [0.1, 0.15) is 15.9 Å². The van der Waals surface area contributed by atoms with Crippen LogP contribution in [0, 0.1) is 11.3 Å². The molecule has 0 aliphatic heterocycles. The standard InChI is InChI=1S/C14H10N2O2S/c15-8-10-7-9(14(17)18)1-6-13(10)19-12-4-2-11(16)3-5-12/h1-7H,16H2,(H,17,18). The van der Waals surface area contributed by atoms with E-state index in [0.717, 1.165) is 9.79 Å². The van der Waals surface area contributed by atoms with Crippen LogP contribution in [0.25, 0.3) is 0 Å². The quantitative estimate of drug-likeness (QED) is 0.837. The van der Waals surface area contributed by atoms with Gasteiger partial charge in [-0.15, -0.1) is 0 Å². The fourth-order valence-electron chi connectivity index (χ4n) is 1.50. The smallest absolute Gasteiger partial charge is 0.335 e. The van der Waals surface area contributed by atoms with Crippen molar-refractivity contribution in [3.63, 3.8) is 0 Å². The lowest BCUT2D eigenvalue weighted by atomic mass is 10.1. The van der Waals surface area contributed by atoms with Crippen molar-refractivity contribution in [3.8, 4) is 6.07 Å². The molecule has 0 atom stereocenters. The molecule has 0 bridgehead atoms. The van der Waals surface area contributed by atoms with Crippen LogP contribution in [0.3, 0.4) is 0 Å². The first-order valence-corrected chi connectivity index (χ1v) is 6.22. The molecule has 0 spiro atoms. The number of nitrogens with two attached hydrogens (primary N) is 1. The molecule has 0 aromatic heterocycles. The van der Waals surface area contributed by atoms with Crippen LogP contribution in [0.15, 0.2) is 52.3 Å². The lowest BCUT2D eigenvalue weighted by molar-refractivity contribution is 0.0697. The summed E-state index contributed by atoms with van der Waals surface area (Å²) < 4.78 is 0. The van der Waals surface area contributed by atoms with Gasteiger partial charge in [0.1, 0.15) is 6.07 Å². The van der Waals surface area contributed by atoms with Gasteiger partial charge in [0.2, 0.25) is 0 Å². The third-order valence-corrected chi connectivity index (χ3v) is 3.54. The van der Waals surface area contributed by atoms with E-state index in [2.05, 4.69) is 0 Å². The van der Waals surface area contributed by atoms with Crippen molar-refractivity contribution >= 4 is 23.4 Å². The van der Waals surface area contributed by atoms with E-state index in [4.69, 9.17) is 16.1 Å². The van der Waals surface area contributed by atoms with Gasteiger partial charge < -0.3 is 10.8 Å². The average molecular weight is 270 g/mol. The minimum absolute atomic E-state index is 0.109. The number of nitrogens with zero attached hydrogens (tertiary/aromatic N) is 1. The summed E-state index contributed by atoms with van der Waals surface area (Å²) in [6.45, 7) is 0. The third-order valence-electron chi connectivity index (χ3n) is 2.45. The molecule has 0 aliphatic rings. The van der Waals surface area contributed by atoms with Crippen molar-refractivity contribution in [2.75, 3.05) is 5.73 Å². The van der Waals surface area contributed by atoms with E-state index in [1.54, 1.807) is 18.2 Å². The largest absolute Gasteiger partial charge is 0.478 e. The normalized spacial score (nSPS) is 9.84. The molecule has 19 heavy (non-hydrogen) atoms. The van der Waals surface area contributed by atoms with Crippen LogP contribution in [0.2, 0.25) is 0 Å². The molecule has 2 aromatic rings. The van der Waals surface area contributed by atoms with Crippen molar-refractivity contribution < 1.29 is 9.90 Å². The highest BCUT2D eigenvalue weighted by Gasteiger charge is 2.09. The minimum atomic E-state index is -1.04. The van der Waals surface area contributed by atoms with Gasteiger partial charge in [-0.25, -0.2) is 4.79 Å². The number of benzene rings is 2. The number of carboxylic acids is 1. The summed E-state index contributed by atoms with van der Waals surface area (Å²) in [6.07, 6.45) is 0. The van der Waals surface area contributed by atoms with Crippen molar-refractivity contribution in [2.45, 2.75) is 9.79 Å². The lowest BCUT2D eigenvalue weighted by Crippen LogP contribution is -1.97. The van der Waals surface area contributed by atoms with Crippen LogP contribution < -0.4 is 5.73 Å². The number of carboxylic acid groups (broad SMARTS) is 1. The molecule has 0 heterocycles. The second-order valence-corrected chi connectivity index (χ2v) is 4.91. The number of anilines is 1. The molecule has 2 aromatic carbocycles. The van der Waals surface area contributed by atoms with Gasteiger partial charge in [-0.3, -0.25) is 0 Å². The van der Waals surface area contributed by atoms with E-state index in [1.165, 1.54) is 23.9 Å². The number of aromatic carboxylic acids is 1. The highest BCUT2D eigenvalue weighted by molar-refractivity contribution is 7.99. The van der Waals surface area contributed by atoms with Crippen LogP contribution in [0.5, 0.6) is 0 Å². The van der Waals surface area contributed by atoms with Gasteiger partial charge >= 0.3 is 5.97 Å². The van der Waals surface area contributed by atoms with Crippen molar-refractivity contribution in [2.24, 2.45) is 0 Å². The van der Waals surface area contributed by atoms with Crippen LogP contribution in [0.4, 0.5) is 5.69 Å². The summed E-state index contributed by atoms with van der Waals surface area (Å²) in [4.78, 5) is 12.5. The zero-order valence-corrected chi connectivity index (χ0v) is 10.6. The average Bonchev–Trinajstić information content (AvgIpc) is 2.41. The molecule has 0 fully saturated rings. The summed E-state index contributed by atoms with van der Waals surface area (Å²) in [5, 5.41) is 18.0. The first-order chi connectivity index (χ1) is 9.10. The SMILES string of the molecule is N#Cc1cc(C(=O)O)ccc1Sc1ccc(N)cc1. The maximum Gasteiger partial charge on any atom is 0.335 e. The van der Waals surface area contributed by atoms with Gasteiger partial charge in [0, 0.05) is 15.5 Å². The Labute approximate surface area is 114 Å². The molecule has 0 aliphatic carbocycles. The zero-order valence-electron chi connectivity index (χ0n) is 9.83. The maximum absolute atomic E-state index is 10.8. The number of hydrogen-bond acceptors (Lipinski definition) is 4. The number of nitriles is 1. The van der Waals surface area contributed by atoms with Crippen molar-refractivity contribution in [3.05, 3.63) is 53.6 Å². The summed E-state index contributed by atoms with van der Waals surface area (Å²) in [7, 11) is 0. The molecule has 94 valence electrons. The topological polar surface area (TPSA) is 87.1 Å². The Morgan fingerprint density at radius 3 is 2.47 bits per heavy atom. The molecule has 0 unspecified atom stereocenters. The molecule has 0 saturated heterocycles. The minimum Gasteiger partial charge on any atom is -0.478 e. The molecular formula is C14H10N2O2S. The second kappa shape index (κ2) is 5.46. The number of hydrogen-bond donors (Lipinski definition) is 2. The van der Waals surface area contributed by atoms with Gasteiger partial charge in [0.05, 0.1) is 11.1 Å². The van der Waals surface area contributed by atoms with Crippen LogP contribution in [-0.2, 0) is 0 Å². The van der Waals surface area contributed by atoms with E-state index >= 15 is 0 Å². The van der Waals surface area contributed by atoms with E-state index in [0.29, 0.717) is 11.3 Å². The molecule has 3 N–H and O–H groups in total. The zero-order chi connectivity index (χ0) is 13.8. The molecule has 0 amide bonds. The maximum atomic E-state index is 10.8. The molecule has 4 nitrogen and oxygen atoms in total. The Morgan fingerprint density at radius 2 is 1.89 bits per heavy atom. The first kappa shape index (κ1) is 13.0. The Kier molecular flexibility index (Phi) is 3.74. The number of rotatable bonds is 3. The lowest BCUT2D eigenvalue weighted by Gasteiger charge is -2.05. The van der Waals surface area contributed by atoms with Gasteiger partial charge in [-0.1, -0.05) is 11.8 Å². The van der Waals surface area contributed by atoms with E-state index in [9.17, 15) is 4.79 Å². The highest BCUT2D eigenvalue weighted by atomic mass is 32.2. The van der Waals surface area contributed by atoms with E-state index in [1.807, 2.05) is 18.2 Å². The highest BCUT2D eigenvalue weighted by Crippen LogP contribution is 2.31. The Balaban J connectivity index is 2.33. The van der Waals surface area contributed by atoms with Gasteiger partial charge in [-0.2, -0.15) is 5.26 Å². The molecule has 2 rings (SSSR count). The predicted octanol–water partition coefficient (Wildman–Crippen LogP) is 2.99. The number of nitrogen functional groups attached to an aromatic ring is 1. The fourth-order valence-corrected chi connectivity index (χ4v) is 2.38. The first-order valence-electron chi connectivity index (χ1n) is 5.41. The van der Waals surface area contributed by atoms with Crippen LogP contribution in [-0.4, -0.2) is 11.1 Å². The Hall–Kier alpha value is -2.45. The van der Waals surface area contributed by atoms with E-state index in [-0.39, 0.29) is 5.56 Å². The van der Waals surface area contributed by atoms with Crippen molar-refractivity contribution in [1.29, 1.82) is 5.26 Å². The third kappa shape index (κ3) is 3.06. The van der Waals surface area contributed by atoms with Gasteiger partial charge in [0.15, 0.2) is 0 Å². The molecule has 5 heteroatoms. The Bertz CT molecular complexity index is 660. The predicted molar refractivity (Wildman–Crippen MR) is 73.1 cm³/mol. The number of carbonyl (C=O) groups is 1. The fraction of sp³-hybridized carbons (Fsp3) is 0. The van der Waals surface area contributed by atoms with Crippen molar-refractivity contribution in [1.82, 2.24) is 0 Å². The van der Waals surface area contributed by atoms with E-state index < -0.39 is 5.97 Å². The van der Waals surface area contributed by atoms with Gasteiger partial charge in [0.25, 0.3) is 0 Å². The Morgan fingerprint density at radius 1 is 1.21 bits per heavy atom. The van der Waals surface area contributed by atoms with Crippen LogP contribution >= 0.6 is 11.8 Å². The summed E-state index contributed by atoms with van der Waals surface area (Å²) in [5.41, 5.74) is 6.73. The second-order valence-electron chi connectivity index (χ2n) is 3.80. The monoisotopic (exact) mass is 270 g/mol. The molecule has 0 radical (unpaired) electrons. The summed E-state index contributed by atoms with van der Waals surface area (Å²) in [6, 6.07) is 13.8. The van der Waals surface area contributed by atoms with Gasteiger partial charge in [-0.05, 0) is 42.5 Å².